The van der Waals surface area contributed by atoms with E-state index in [9.17, 15) is 8.42 Å². The molecule has 0 aliphatic carbocycles. The van der Waals surface area contributed by atoms with E-state index in [1.807, 2.05) is 13.1 Å². The highest BCUT2D eigenvalue weighted by molar-refractivity contribution is 9.10. The molecule has 1 heterocycles. The zero-order valence-corrected chi connectivity index (χ0v) is 14.6. The number of hydrogen-bond acceptors (Lipinski definition) is 4. The van der Waals surface area contributed by atoms with E-state index < -0.39 is 10.0 Å². The van der Waals surface area contributed by atoms with Crippen molar-refractivity contribution in [1.82, 2.24) is 10.0 Å². The quantitative estimate of drug-likeness (QED) is 0.825. The summed E-state index contributed by atoms with van der Waals surface area (Å²) in [6, 6.07) is 5.46. The fraction of sp³-hybridized carbons (Fsp3) is 0.538. The van der Waals surface area contributed by atoms with E-state index in [1.54, 1.807) is 23.9 Å². The molecule has 1 aromatic rings. The average molecular weight is 379 g/mol. The van der Waals surface area contributed by atoms with Gasteiger partial charge in [0.15, 0.2) is 0 Å². The lowest BCUT2D eigenvalue weighted by Gasteiger charge is -2.22. The van der Waals surface area contributed by atoms with E-state index in [2.05, 4.69) is 26.0 Å². The van der Waals surface area contributed by atoms with Gasteiger partial charge in [-0.05, 0) is 59.3 Å². The second kappa shape index (κ2) is 7.26. The van der Waals surface area contributed by atoms with Gasteiger partial charge in [0.25, 0.3) is 0 Å². The second-order valence-corrected chi connectivity index (χ2v) is 8.52. The number of nitrogens with one attached hydrogen (secondary N) is 2. The highest BCUT2D eigenvalue weighted by Crippen LogP contribution is 2.25. The smallest absolute Gasteiger partial charge is 0.241 e. The lowest BCUT2D eigenvalue weighted by molar-refractivity contribution is 0.542. The molecule has 1 aliphatic heterocycles. The molecule has 1 fully saturated rings. The third-order valence-electron chi connectivity index (χ3n) is 3.15. The van der Waals surface area contributed by atoms with Crippen molar-refractivity contribution in [3.8, 4) is 0 Å². The minimum atomic E-state index is -3.47. The summed E-state index contributed by atoms with van der Waals surface area (Å²) in [5, 5.41) is 3.03. The summed E-state index contributed by atoms with van der Waals surface area (Å²) in [5.74, 6) is 1.98. The van der Waals surface area contributed by atoms with Crippen LogP contribution in [0.15, 0.2) is 27.6 Å². The normalized spacial score (nSPS) is 20.0. The monoisotopic (exact) mass is 378 g/mol. The van der Waals surface area contributed by atoms with Crippen molar-refractivity contribution in [2.24, 2.45) is 0 Å². The van der Waals surface area contributed by atoms with E-state index >= 15 is 0 Å². The summed E-state index contributed by atoms with van der Waals surface area (Å²) in [7, 11) is -1.63. The SMILES string of the molecule is CNCc1ccc(Br)c(S(=O)(=O)NC2CCCSC2)c1. The molecule has 1 aromatic carbocycles. The zero-order valence-electron chi connectivity index (χ0n) is 11.4. The van der Waals surface area contributed by atoms with Gasteiger partial charge in [-0.3, -0.25) is 0 Å². The minimum Gasteiger partial charge on any atom is -0.316 e. The van der Waals surface area contributed by atoms with Crippen LogP contribution in [0.4, 0.5) is 0 Å². The predicted octanol–water partition coefficient (Wildman–Crippen LogP) is 2.34. The van der Waals surface area contributed by atoms with Crippen LogP contribution in [0.25, 0.3) is 0 Å². The van der Waals surface area contributed by atoms with Gasteiger partial charge in [-0.2, -0.15) is 11.8 Å². The standard InChI is InChI=1S/C13H19BrN2O2S2/c1-15-8-10-4-5-12(14)13(7-10)20(17,18)16-11-3-2-6-19-9-11/h4-5,7,11,15-16H,2-3,6,8-9H2,1H3. The minimum absolute atomic E-state index is 0.0404. The number of thioether (sulfide) groups is 1. The molecule has 2 N–H and O–H groups in total. The summed E-state index contributed by atoms with van der Waals surface area (Å²) in [4.78, 5) is 0.320. The van der Waals surface area contributed by atoms with Crippen LogP contribution >= 0.6 is 27.7 Å². The molecule has 1 aliphatic rings. The topological polar surface area (TPSA) is 58.2 Å². The number of benzene rings is 1. The summed E-state index contributed by atoms with van der Waals surface area (Å²) >= 11 is 5.14. The van der Waals surface area contributed by atoms with Crippen LogP contribution in [-0.4, -0.2) is 33.0 Å². The maximum atomic E-state index is 12.5. The Hall–Kier alpha value is -0.0800. The maximum Gasteiger partial charge on any atom is 0.241 e. The Morgan fingerprint density at radius 1 is 1.45 bits per heavy atom. The first kappa shape index (κ1) is 16.3. The Bertz CT molecular complexity index is 557. The molecule has 2 rings (SSSR count). The lowest BCUT2D eigenvalue weighted by atomic mass is 10.2. The van der Waals surface area contributed by atoms with E-state index in [-0.39, 0.29) is 6.04 Å². The first-order chi connectivity index (χ1) is 9.53. The van der Waals surface area contributed by atoms with Crippen LogP contribution in [0, 0.1) is 0 Å². The number of rotatable bonds is 5. The second-order valence-electron chi connectivity index (χ2n) is 4.83. The first-order valence-corrected chi connectivity index (χ1v) is 9.99. The Kier molecular flexibility index (Phi) is 5.92. The van der Waals surface area contributed by atoms with Crippen molar-refractivity contribution in [1.29, 1.82) is 0 Å². The molecule has 7 heteroatoms. The van der Waals surface area contributed by atoms with Crippen molar-refractivity contribution in [2.45, 2.75) is 30.3 Å². The number of halogens is 1. The van der Waals surface area contributed by atoms with Gasteiger partial charge in [0.1, 0.15) is 0 Å². The molecule has 1 unspecified atom stereocenters. The van der Waals surface area contributed by atoms with Gasteiger partial charge in [-0.25, -0.2) is 13.1 Å². The van der Waals surface area contributed by atoms with Crippen LogP contribution in [-0.2, 0) is 16.6 Å². The molecule has 20 heavy (non-hydrogen) atoms. The van der Waals surface area contributed by atoms with Crippen molar-refractivity contribution >= 4 is 37.7 Å². The van der Waals surface area contributed by atoms with E-state index in [1.165, 1.54) is 0 Å². The van der Waals surface area contributed by atoms with E-state index in [0.717, 1.165) is 29.9 Å². The molecule has 0 radical (unpaired) electrons. The summed E-state index contributed by atoms with van der Waals surface area (Å²) in [6.07, 6.45) is 1.98. The highest BCUT2D eigenvalue weighted by Gasteiger charge is 2.24. The molecular weight excluding hydrogens is 360 g/mol. The molecule has 1 saturated heterocycles. The van der Waals surface area contributed by atoms with Crippen molar-refractivity contribution in [3.63, 3.8) is 0 Å². The Morgan fingerprint density at radius 3 is 2.90 bits per heavy atom. The fourth-order valence-electron chi connectivity index (χ4n) is 2.18. The third-order valence-corrected chi connectivity index (χ3v) is 6.88. The molecule has 112 valence electrons. The fourth-order valence-corrected chi connectivity index (χ4v) is 5.65. The molecule has 0 amide bonds. The summed E-state index contributed by atoms with van der Waals surface area (Å²) in [5.41, 5.74) is 0.953. The van der Waals surface area contributed by atoms with Gasteiger partial charge in [-0.1, -0.05) is 6.07 Å². The molecule has 4 nitrogen and oxygen atoms in total. The van der Waals surface area contributed by atoms with Gasteiger partial charge in [0.05, 0.1) is 4.90 Å². The Balaban J connectivity index is 2.21. The van der Waals surface area contributed by atoms with Gasteiger partial charge in [-0.15, -0.1) is 0 Å². The predicted molar refractivity (Wildman–Crippen MR) is 87.6 cm³/mol. The van der Waals surface area contributed by atoms with Gasteiger partial charge in [0, 0.05) is 22.8 Å². The Morgan fingerprint density at radius 2 is 2.25 bits per heavy atom. The maximum absolute atomic E-state index is 12.5. The summed E-state index contributed by atoms with van der Waals surface area (Å²) in [6.45, 7) is 0.648. The molecule has 0 spiro atoms. The summed E-state index contributed by atoms with van der Waals surface area (Å²) < 4.78 is 28.4. The lowest BCUT2D eigenvalue weighted by Crippen LogP contribution is -2.38. The van der Waals surface area contributed by atoms with Crippen molar-refractivity contribution < 1.29 is 8.42 Å². The largest absolute Gasteiger partial charge is 0.316 e. The molecule has 0 bridgehead atoms. The zero-order chi connectivity index (χ0) is 14.6. The molecule has 0 saturated carbocycles. The van der Waals surface area contributed by atoms with Crippen LogP contribution < -0.4 is 10.0 Å². The Labute approximate surface area is 133 Å². The van der Waals surface area contributed by atoms with Crippen LogP contribution in [0.3, 0.4) is 0 Å². The highest BCUT2D eigenvalue weighted by atomic mass is 79.9. The van der Waals surface area contributed by atoms with Crippen molar-refractivity contribution in [3.05, 3.63) is 28.2 Å². The number of hydrogen-bond donors (Lipinski definition) is 2. The number of sulfonamides is 1. The molecular formula is C13H19BrN2O2S2. The molecule has 0 aromatic heterocycles. The molecule has 1 atom stereocenters. The van der Waals surface area contributed by atoms with Crippen molar-refractivity contribution in [2.75, 3.05) is 18.6 Å². The third kappa shape index (κ3) is 4.21. The van der Waals surface area contributed by atoms with Gasteiger partial charge in [0.2, 0.25) is 10.0 Å². The van der Waals surface area contributed by atoms with E-state index in [4.69, 9.17) is 0 Å². The van der Waals surface area contributed by atoms with Crippen LogP contribution in [0.5, 0.6) is 0 Å². The van der Waals surface area contributed by atoms with E-state index in [0.29, 0.717) is 15.9 Å². The van der Waals surface area contributed by atoms with Crippen LogP contribution in [0.1, 0.15) is 18.4 Å². The van der Waals surface area contributed by atoms with Gasteiger partial charge < -0.3 is 5.32 Å². The van der Waals surface area contributed by atoms with Crippen LogP contribution in [0.2, 0.25) is 0 Å². The van der Waals surface area contributed by atoms with Gasteiger partial charge >= 0.3 is 0 Å². The first-order valence-electron chi connectivity index (χ1n) is 6.56. The average Bonchev–Trinajstić information content (AvgIpc) is 2.42.